The van der Waals surface area contributed by atoms with Crippen molar-refractivity contribution in [1.82, 2.24) is 0 Å². The topological polar surface area (TPSA) is 55.5 Å². The van der Waals surface area contributed by atoms with E-state index in [1.165, 1.54) is 0 Å². The molecule has 56 valence electrons. The lowest BCUT2D eigenvalue weighted by atomic mass is 10.3. The van der Waals surface area contributed by atoms with Gasteiger partial charge < -0.3 is 5.73 Å². The van der Waals surface area contributed by atoms with Crippen molar-refractivity contribution in [2.24, 2.45) is 10.7 Å². The van der Waals surface area contributed by atoms with Crippen molar-refractivity contribution >= 4 is 12.0 Å². The van der Waals surface area contributed by atoms with Gasteiger partial charge in [0, 0.05) is 12.2 Å². The van der Waals surface area contributed by atoms with Crippen LogP contribution < -0.4 is 5.73 Å². The van der Waals surface area contributed by atoms with Crippen LogP contribution in [0.1, 0.15) is 13.8 Å². The molecule has 0 aliphatic carbocycles. The van der Waals surface area contributed by atoms with Gasteiger partial charge >= 0.3 is 0 Å². The lowest BCUT2D eigenvalue weighted by Crippen LogP contribution is -2.01. The summed E-state index contributed by atoms with van der Waals surface area (Å²) in [4.78, 5) is 14.1. The number of carbonyl (C=O) groups is 1. The molecular weight excluding hydrogens is 128 g/mol. The van der Waals surface area contributed by atoms with Crippen molar-refractivity contribution in [2.45, 2.75) is 13.8 Å². The van der Waals surface area contributed by atoms with Crippen LogP contribution in [0.25, 0.3) is 0 Å². The lowest BCUT2D eigenvalue weighted by Gasteiger charge is -1.89. The minimum Gasteiger partial charge on any atom is -0.402 e. The normalized spacial score (nSPS) is 13.4. The maximum atomic E-state index is 10.2. The fourth-order valence-corrected chi connectivity index (χ4v) is 0.533. The summed E-state index contributed by atoms with van der Waals surface area (Å²) < 4.78 is 0. The lowest BCUT2D eigenvalue weighted by molar-refractivity contribution is -0.102. The second kappa shape index (κ2) is 4.73. The van der Waals surface area contributed by atoms with E-state index in [9.17, 15) is 4.79 Å². The second-order valence-corrected chi connectivity index (χ2v) is 1.91. The van der Waals surface area contributed by atoms with Gasteiger partial charge in [0.1, 0.15) is 0 Å². The number of nitrogens with zero attached hydrogens (tertiary/aromatic N) is 1. The molecule has 0 radical (unpaired) electrons. The van der Waals surface area contributed by atoms with Crippen LogP contribution in [-0.2, 0) is 4.79 Å². The molecular formula is C7H12N2O. The van der Waals surface area contributed by atoms with Crippen molar-refractivity contribution in [3.8, 4) is 0 Å². The van der Waals surface area contributed by atoms with Crippen molar-refractivity contribution in [1.29, 1.82) is 0 Å². The van der Waals surface area contributed by atoms with Crippen LogP contribution in [0, 0.1) is 0 Å². The van der Waals surface area contributed by atoms with Gasteiger partial charge in [-0.25, -0.2) is 0 Å². The molecule has 0 aromatic carbocycles. The monoisotopic (exact) mass is 140 g/mol. The summed E-state index contributed by atoms with van der Waals surface area (Å²) in [5.41, 5.74) is 6.32. The molecule has 0 saturated carbocycles. The van der Waals surface area contributed by atoms with Crippen LogP contribution in [0.5, 0.6) is 0 Å². The third kappa shape index (κ3) is 3.83. The minimum atomic E-state index is 0.405. The summed E-state index contributed by atoms with van der Waals surface area (Å²) in [6.45, 7) is 4.19. The molecule has 0 unspecified atom stereocenters. The fraction of sp³-hybridized carbons (Fsp3) is 0.429. The largest absolute Gasteiger partial charge is 0.402 e. The first-order valence-corrected chi connectivity index (χ1v) is 3.14. The summed E-state index contributed by atoms with van der Waals surface area (Å²) in [6, 6.07) is 0. The van der Waals surface area contributed by atoms with E-state index in [1.807, 2.05) is 6.92 Å². The van der Waals surface area contributed by atoms with Crippen LogP contribution in [-0.4, -0.2) is 18.5 Å². The highest BCUT2D eigenvalue weighted by atomic mass is 16.1. The molecule has 0 saturated heterocycles. The highest BCUT2D eigenvalue weighted by Crippen LogP contribution is 1.83. The number of aldehydes is 1. The quantitative estimate of drug-likeness (QED) is 0.458. The number of allylic oxidation sites excluding steroid dienone is 2. The van der Waals surface area contributed by atoms with E-state index < -0.39 is 0 Å². The van der Waals surface area contributed by atoms with E-state index in [-0.39, 0.29) is 0 Å². The van der Waals surface area contributed by atoms with E-state index >= 15 is 0 Å². The molecule has 0 aromatic heterocycles. The molecule has 0 atom stereocenters. The summed E-state index contributed by atoms with van der Waals surface area (Å²) in [5.74, 6) is 0. The zero-order valence-corrected chi connectivity index (χ0v) is 6.29. The smallest absolute Gasteiger partial charge is 0.168 e. The highest BCUT2D eigenvalue weighted by molar-refractivity contribution is 6.33. The maximum Gasteiger partial charge on any atom is 0.168 e. The average molecular weight is 140 g/mol. The Morgan fingerprint density at radius 3 is 2.60 bits per heavy atom. The van der Waals surface area contributed by atoms with Gasteiger partial charge in [0.05, 0.1) is 5.71 Å². The van der Waals surface area contributed by atoms with Gasteiger partial charge in [-0.3, -0.25) is 9.79 Å². The Morgan fingerprint density at radius 2 is 2.30 bits per heavy atom. The number of hydrogen-bond acceptors (Lipinski definition) is 3. The molecule has 0 aromatic rings. The molecule has 0 aliphatic heterocycles. The number of carbonyl (C=O) groups excluding carboxylic acids is 1. The number of rotatable bonds is 3. The Hall–Kier alpha value is -1.12. The van der Waals surface area contributed by atoms with Crippen LogP contribution in [0.2, 0.25) is 0 Å². The first-order chi connectivity index (χ1) is 4.70. The minimum absolute atomic E-state index is 0.405. The van der Waals surface area contributed by atoms with Crippen molar-refractivity contribution < 1.29 is 4.79 Å². The zero-order valence-electron chi connectivity index (χ0n) is 6.29. The molecule has 0 amide bonds. The van der Waals surface area contributed by atoms with Gasteiger partial charge in [0.2, 0.25) is 0 Å². The number of hydrogen-bond donors (Lipinski definition) is 1. The highest BCUT2D eigenvalue weighted by Gasteiger charge is 1.88. The number of nitrogens with two attached hydrogens (primary N) is 1. The first kappa shape index (κ1) is 8.88. The van der Waals surface area contributed by atoms with Crippen LogP contribution >= 0.6 is 0 Å². The predicted molar refractivity (Wildman–Crippen MR) is 42.0 cm³/mol. The third-order valence-corrected chi connectivity index (χ3v) is 0.837. The summed E-state index contributed by atoms with van der Waals surface area (Å²) in [6.07, 6.45) is 2.25. The second-order valence-electron chi connectivity index (χ2n) is 1.91. The molecule has 0 aliphatic rings. The van der Waals surface area contributed by atoms with Gasteiger partial charge in [-0.2, -0.15) is 0 Å². The van der Waals surface area contributed by atoms with Gasteiger partial charge in [-0.15, -0.1) is 0 Å². The molecule has 0 fully saturated rings. The molecule has 0 spiro atoms. The summed E-state index contributed by atoms with van der Waals surface area (Å²) in [5, 5.41) is 0. The molecule has 0 rings (SSSR count). The standard InChI is InChI=1S/C7H12N2O/c1-3-9-7(5-10)4-6(2)8/h4-5H,3,8H2,1-2H3. The van der Waals surface area contributed by atoms with Crippen LogP contribution in [0.15, 0.2) is 16.8 Å². The summed E-state index contributed by atoms with van der Waals surface area (Å²) in [7, 11) is 0. The Bertz CT molecular complexity index is 166. The van der Waals surface area contributed by atoms with Gasteiger partial charge in [0.15, 0.2) is 6.29 Å². The molecule has 2 N–H and O–H groups in total. The van der Waals surface area contributed by atoms with Crippen molar-refractivity contribution in [3.05, 3.63) is 11.8 Å². The van der Waals surface area contributed by atoms with E-state index in [0.29, 0.717) is 24.2 Å². The van der Waals surface area contributed by atoms with Gasteiger partial charge in [-0.1, -0.05) is 0 Å². The predicted octanol–water partition coefficient (Wildman–Crippen LogP) is 0.509. The Kier molecular flexibility index (Phi) is 4.20. The SMILES string of the molecule is CCN=C(C=O)C=C(C)N. The van der Waals surface area contributed by atoms with E-state index in [2.05, 4.69) is 4.99 Å². The summed E-state index contributed by atoms with van der Waals surface area (Å²) >= 11 is 0. The van der Waals surface area contributed by atoms with E-state index in [1.54, 1.807) is 13.0 Å². The van der Waals surface area contributed by atoms with Crippen molar-refractivity contribution in [2.75, 3.05) is 6.54 Å². The molecule has 3 nitrogen and oxygen atoms in total. The Morgan fingerprint density at radius 1 is 1.70 bits per heavy atom. The molecule has 3 heteroatoms. The Balaban J connectivity index is 4.23. The average Bonchev–Trinajstić information content (AvgIpc) is 1.86. The zero-order chi connectivity index (χ0) is 7.98. The number of aliphatic imine (C=N–C) groups is 1. The molecule has 0 bridgehead atoms. The van der Waals surface area contributed by atoms with Crippen LogP contribution in [0.4, 0.5) is 0 Å². The van der Waals surface area contributed by atoms with Gasteiger partial charge in [0.25, 0.3) is 0 Å². The van der Waals surface area contributed by atoms with Gasteiger partial charge in [-0.05, 0) is 19.9 Å². The van der Waals surface area contributed by atoms with Crippen molar-refractivity contribution in [3.63, 3.8) is 0 Å². The molecule has 0 heterocycles. The van der Waals surface area contributed by atoms with E-state index in [4.69, 9.17) is 5.73 Å². The van der Waals surface area contributed by atoms with Crippen LogP contribution in [0.3, 0.4) is 0 Å². The maximum absolute atomic E-state index is 10.2. The molecule has 10 heavy (non-hydrogen) atoms. The van der Waals surface area contributed by atoms with E-state index in [0.717, 1.165) is 0 Å². The first-order valence-electron chi connectivity index (χ1n) is 3.14. The Labute approximate surface area is 60.6 Å². The third-order valence-electron chi connectivity index (χ3n) is 0.837. The fourth-order valence-electron chi connectivity index (χ4n) is 0.533.